The molecule has 1 heterocycles. The van der Waals surface area contributed by atoms with Gasteiger partial charge in [0.2, 0.25) is 0 Å². The first-order chi connectivity index (χ1) is 10.8. The number of benzene rings is 2. The highest BCUT2D eigenvalue weighted by Crippen LogP contribution is 2.21. The second-order valence-corrected chi connectivity index (χ2v) is 7.37. The topological polar surface area (TPSA) is 26.3 Å². The van der Waals surface area contributed by atoms with Crippen molar-refractivity contribution in [3.8, 4) is 11.1 Å². The maximum Gasteiger partial charge on any atom is 0.0485 e. The summed E-state index contributed by atoms with van der Waals surface area (Å²) in [4.78, 5) is 0. The molecule has 22 heavy (non-hydrogen) atoms. The standard InChI is InChI=1S/C19H22O2S/c20-22(15-17-10-12-21-13-11-17)14-16-6-8-19(9-7-16)18-4-2-1-3-5-18/h1-9,17H,10-15H2/t22-/m1/s1. The van der Waals surface area contributed by atoms with Crippen molar-refractivity contribution < 1.29 is 8.95 Å². The highest BCUT2D eigenvalue weighted by atomic mass is 32.2. The Balaban J connectivity index is 1.57. The minimum Gasteiger partial charge on any atom is -0.381 e. The Morgan fingerprint density at radius 1 is 0.909 bits per heavy atom. The maximum atomic E-state index is 12.3. The molecule has 1 saturated heterocycles. The molecule has 2 aromatic carbocycles. The van der Waals surface area contributed by atoms with E-state index in [4.69, 9.17) is 4.74 Å². The molecule has 1 fully saturated rings. The third-order valence-electron chi connectivity index (χ3n) is 4.15. The quantitative estimate of drug-likeness (QED) is 0.833. The van der Waals surface area contributed by atoms with Gasteiger partial charge in [-0.25, -0.2) is 0 Å². The van der Waals surface area contributed by atoms with Crippen LogP contribution in [0.3, 0.4) is 0 Å². The molecule has 1 aliphatic rings. The number of hydrogen-bond acceptors (Lipinski definition) is 2. The van der Waals surface area contributed by atoms with Gasteiger partial charge in [0, 0.05) is 35.5 Å². The van der Waals surface area contributed by atoms with Gasteiger partial charge in [0.05, 0.1) is 0 Å². The Bertz CT molecular complexity index is 601. The molecule has 0 saturated carbocycles. The van der Waals surface area contributed by atoms with Gasteiger partial charge in [-0.3, -0.25) is 4.21 Å². The van der Waals surface area contributed by atoms with Gasteiger partial charge < -0.3 is 4.74 Å². The molecule has 0 N–H and O–H groups in total. The molecule has 0 bridgehead atoms. The third-order valence-corrected chi connectivity index (χ3v) is 5.65. The van der Waals surface area contributed by atoms with Crippen LogP contribution < -0.4 is 0 Å². The van der Waals surface area contributed by atoms with E-state index in [2.05, 4.69) is 36.4 Å². The van der Waals surface area contributed by atoms with Crippen LogP contribution in [0.5, 0.6) is 0 Å². The summed E-state index contributed by atoms with van der Waals surface area (Å²) in [7, 11) is -0.775. The Kier molecular flexibility index (Phi) is 5.41. The van der Waals surface area contributed by atoms with E-state index >= 15 is 0 Å². The molecule has 2 nitrogen and oxygen atoms in total. The maximum absolute atomic E-state index is 12.3. The molecule has 0 amide bonds. The van der Waals surface area contributed by atoms with Crippen LogP contribution in [0.15, 0.2) is 54.6 Å². The molecule has 3 heteroatoms. The van der Waals surface area contributed by atoms with E-state index in [1.807, 2.05) is 18.2 Å². The van der Waals surface area contributed by atoms with E-state index in [1.165, 1.54) is 11.1 Å². The molecule has 0 radical (unpaired) electrons. The average molecular weight is 314 g/mol. The minimum atomic E-state index is -0.775. The predicted molar refractivity (Wildman–Crippen MR) is 92.1 cm³/mol. The van der Waals surface area contributed by atoms with E-state index in [1.54, 1.807) is 0 Å². The van der Waals surface area contributed by atoms with Crippen molar-refractivity contribution in [1.82, 2.24) is 0 Å². The smallest absolute Gasteiger partial charge is 0.0485 e. The normalized spacial score (nSPS) is 17.3. The van der Waals surface area contributed by atoms with E-state index in [-0.39, 0.29) is 0 Å². The largest absolute Gasteiger partial charge is 0.381 e. The second kappa shape index (κ2) is 7.70. The highest BCUT2D eigenvalue weighted by molar-refractivity contribution is 7.84. The fourth-order valence-corrected chi connectivity index (χ4v) is 4.39. The molecular formula is C19H22O2S. The van der Waals surface area contributed by atoms with E-state index in [0.717, 1.165) is 37.4 Å². The van der Waals surface area contributed by atoms with Crippen LogP contribution in [0.4, 0.5) is 0 Å². The Labute approximate surface area is 135 Å². The summed E-state index contributed by atoms with van der Waals surface area (Å²) in [5.41, 5.74) is 3.59. The Morgan fingerprint density at radius 3 is 2.23 bits per heavy atom. The lowest BCUT2D eigenvalue weighted by atomic mass is 10.0. The molecule has 0 aliphatic carbocycles. The first-order valence-corrected chi connectivity index (χ1v) is 9.37. The van der Waals surface area contributed by atoms with E-state index < -0.39 is 10.8 Å². The van der Waals surface area contributed by atoms with Crippen LogP contribution in [0.1, 0.15) is 18.4 Å². The van der Waals surface area contributed by atoms with Crippen molar-refractivity contribution in [1.29, 1.82) is 0 Å². The monoisotopic (exact) mass is 314 g/mol. The third kappa shape index (κ3) is 4.28. The van der Waals surface area contributed by atoms with Crippen LogP contribution in [0, 0.1) is 5.92 Å². The second-order valence-electron chi connectivity index (χ2n) is 5.87. The van der Waals surface area contributed by atoms with Gasteiger partial charge in [0.25, 0.3) is 0 Å². The van der Waals surface area contributed by atoms with Gasteiger partial charge in [-0.15, -0.1) is 0 Å². The van der Waals surface area contributed by atoms with Gasteiger partial charge in [0.1, 0.15) is 0 Å². The molecule has 2 aromatic rings. The fourth-order valence-electron chi connectivity index (χ4n) is 2.84. The lowest BCUT2D eigenvalue weighted by Gasteiger charge is -2.21. The Hall–Kier alpha value is -1.45. The summed E-state index contributed by atoms with van der Waals surface area (Å²) in [6.07, 6.45) is 2.11. The zero-order valence-corrected chi connectivity index (χ0v) is 13.6. The van der Waals surface area contributed by atoms with Gasteiger partial charge in [0.15, 0.2) is 0 Å². The van der Waals surface area contributed by atoms with E-state index in [9.17, 15) is 4.21 Å². The molecule has 0 spiro atoms. The number of hydrogen-bond donors (Lipinski definition) is 0. The number of ether oxygens (including phenoxy) is 1. The first kappa shape index (κ1) is 15.4. The summed E-state index contributed by atoms with van der Waals surface area (Å²) in [5.74, 6) is 2.04. The van der Waals surface area contributed by atoms with Crippen molar-refractivity contribution in [2.24, 2.45) is 5.92 Å². The van der Waals surface area contributed by atoms with Crippen molar-refractivity contribution in [3.05, 3.63) is 60.2 Å². The summed E-state index contributed by atoms with van der Waals surface area (Å²) in [5, 5.41) is 0. The first-order valence-electron chi connectivity index (χ1n) is 7.88. The van der Waals surface area contributed by atoms with Crippen LogP contribution in [0.2, 0.25) is 0 Å². The molecule has 1 aliphatic heterocycles. The van der Waals surface area contributed by atoms with Gasteiger partial charge >= 0.3 is 0 Å². The van der Waals surface area contributed by atoms with Gasteiger partial charge in [-0.05, 0) is 35.4 Å². The molecule has 116 valence electrons. The van der Waals surface area contributed by atoms with Crippen LogP contribution in [-0.2, 0) is 21.3 Å². The summed E-state index contributed by atoms with van der Waals surface area (Å²) in [6, 6.07) is 18.8. The van der Waals surface area contributed by atoms with Gasteiger partial charge in [-0.1, -0.05) is 54.6 Å². The number of rotatable bonds is 5. The Morgan fingerprint density at radius 2 is 1.55 bits per heavy atom. The lowest BCUT2D eigenvalue weighted by molar-refractivity contribution is 0.0725. The molecule has 0 unspecified atom stereocenters. The van der Waals surface area contributed by atoms with Crippen LogP contribution in [-0.4, -0.2) is 23.2 Å². The molecule has 0 aromatic heterocycles. The average Bonchev–Trinajstić information content (AvgIpc) is 2.57. The van der Waals surface area contributed by atoms with Gasteiger partial charge in [-0.2, -0.15) is 0 Å². The molecule has 3 rings (SSSR count). The van der Waals surface area contributed by atoms with E-state index in [0.29, 0.717) is 11.7 Å². The zero-order valence-electron chi connectivity index (χ0n) is 12.7. The van der Waals surface area contributed by atoms with Crippen LogP contribution >= 0.6 is 0 Å². The summed E-state index contributed by atoms with van der Waals surface area (Å²) in [6.45, 7) is 1.65. The zero-order chi connectivity index (χ0) is 15.2. The minimum absolute atomic E-state index is 0.568. The fraction of sp³-hybridized carbons (Fsp3) is 0.368. The molecular weight excluding hydrogens is 292 g/mol. The summed E-state index contributed by atoms with van der Waals surface area (Å²) >= 11 is 0. The SMILES string of the molecule is O=[S@](Cc1ccc(-c2ccccc2)cc1)CC1CCOCC1. The van der Waals surface area contributed by atoms with Crippen LogP contribution in [0.25, 0.3) is 11.1 Å². The van der Waals surface area contributed by atoms with Crippen molar-refractivity contribution in [3.63, 3.8) is 0 Å². The van der Waals surface area contributed by atoms with Crippen molar-refractivity contribution in [2.75, 3.05) is 19.0 Å². The van der Waals surface area contributed by atoms with Crippen molar-refractivity contribution in [2.45, 2.75) is 18.6 Å². The predicted octanol–water partition coefficient (Wildman–Crippen LogP) is 4.03. The molecule has 1 atom stereocenters. The highest BCUT2D eigenvalue weighted by Gasteiger charge is 2.16. The van der Waals surface area contributed by atoms with Crippen molar-refractivity contribution >= 4 is 10.8 Å². The lowest BCUT2D eigenvalue weighted by Crippen LogP contribution is -2.21. The summed E-state index contributed by atoms with van der Waals surface area (Å²) < 4.78 is 17.7.